The van der Waals surface area contributed by atoms with Crippen LogP contribution in [0, 0.1) is 25.2 Å². The zero-order chi connectivity index (χ0) is 36.0. The highest BCUT2D eigenvalue weighted by Gasteiger charge is 2.42. The Morgan fingerprint density at radius 2 is 1.46 bits per heavy atom. The van der Waals surface area contributed by atoms with Gasteiger partial charge in [-0.15, -0.1) is 0 Å². The summed E-state index contributed by atoms with van der Waals surface area (Å²) in [5.41, 5.74) is 4.16. The Balaban J connectivity index is 1.75. The van der Waals surface area contributed by atoms with Gasteiger partial charge < -0.3 is 20.4 Å². The first-order chi connectivity index (χ1) is 22.4. The summed E-state index contributed by atoms with van der Waals surface area (Å²) in [5.74, 6) is -0.348. The van der Waals surface area contributed by atoms with Crippen LogP contribution in [0.3, 0.4) is 0 Å². The minimum atomic E-state index is -0.774. The number of hydrogen-bond acceptors (Lipinski definition) is 5. The van der Waals surface area contributed by atoms with E-state index in [0.717, 1.165) is 36.3 Å². The van der Waals surface area contributed by atoms with Crippen LogP contribution >= 0.6 is 0 Å². The average molecular weight is 660 g/mol. The molecule has 0 saturated carbocycles. The lowest BCUT2D eigenvalue weighted by molar-refractivity contribution is -0.141. The summed E-state index contributed by atoms with van der Waals surface area (Å²) in [6, 6.07) is 15.1. The van der Waals surface area contributed by atoms with Crippen molar-refractivity contribution < 1.29 is 14.4 Å². The molecule has 1 aliphatic rings. The first-order valence-electron chi connectivity index (χ1n) is 17.4. The van der Waals surface area contributed by atoms with Gasteiger partial charge in [0.05, 0.1) is 12.1 Å². The van der Waals surface area contributed by atoms with Gasteiger partial charge in [-0.05, 0) is 50.3 Å². The fourth-order valence-corrected chi connectivity index (χ4v) is 6.84. The van der Waals surface area contributed by atoms with Gasteiger partial charge in [0.1, 0.15) is 6.04 Å². The SMILES string of the molecule is CN[C@H](C(=O)N[C@H](C(=O)N(C)[C@H](C=C(C)C(=O)N1CCN(Cc2ccccc2)CC1)C(C)C)C(C)(C)C)C(C)(C)c1cc(C)cc(C)c1. The van der Waals surface area contributed by atoms with Crippen LogP contribution in [-0.2, 0) is 26.3 Å². The maximum atomic E-state index is 14.3. The van der Waals surface area contributed by atoms with Gasteiger partial charge >= 0.3 is 0 Å². The van der Waals surface area contributed by atoms with Crippen molar-refractivity contribution in [3.05, 3.63) is 82.4 Å². The highest BCUT2D eigenvalue weighted by atomic mass is 16.2. The fourth-order valence-electron chi connectivity index (χ4n) is 6.84. The van der Waals surface area contributed by atoms with E-state index in [1.807, 2.05) is 44.7 Å². The minimum absolute atomic E-state index is 0.00649. The Morgan fingerprint density at radius 1 is 0.896 bits per heavy atom. The van der Waals surface area contributed by atoms with Gasteiger partial charge in [0, 0.05) is 50.8 Å². The van der Waals surface area contributed by atoms with Crippen molar-refractivity contribution in [2.45, 2.75) is 99.3 Å². The number of carbonyl (C=O) groups is 3. The minimum Gasteiger partial charge on any atom is -0.342 e. The molecule has 1 fully saturated rings. The van der Waals surface area contributed by atoms with Gasteiger partial charge in [-0.3, -0.25) is 19.3 Å². The van der Waals surface area contributed by atoms with Crippen molar-refractivity contribution in [1.29, 1.82) is 0 Å². The first kappa shape index (κ1) is 39.0. The molecule has 0 bridgehead atoms. The van der Waals surface area contributed by atoms with Crippen LogP contribution in [0.1, 0.15) is 77.6 Å². The normalized spacial score (nSPS) is 16.8. The van der Waals surface area contributed by atoms with Crippen molar-refractivity contribution in [1.82, 2.24) is 25.3 Å². The van der Waals surface area contributed by atoms with E-state index in [4.69, 9.17) is 0 Å². The number of nitrogens with zero attached hydrogens (tertiary/aromatic N) is 3. The van der Waals surface area contributed by atoms with Crippen molar-refractivity contribution in [2.75, 3.05) is 40.3 Å². The van der Waals surface area contributed by atoms with Crippen molar-refractivity contribution in [2.24, 2.45) is 11.3 Å². The molecule has 264 valence electrons. The number of piperazine rings is 1. The quantitative estimate of drug-likeness (QED) is 0.295. The van der Waals surface area contributed by atoms with E-state index in [0.29, 0.717) is 18.7 Å². The average Bonchev–Trinajstić information content (AvgIpc) is 3.01. The van der Waals surface area contributed by atoms with Crippen LogP contribution in [0.15, 0.2) is 60.2 Å². The summed E-state index contributed by atoms with van der Waals surface area (Å²) in [5, 5.41) is 6.38. The van der Waals surface area contributed by atoms with Gasteiger partial charge in [-0.25, -0.2) is 0 Å². The van der Waals surface area contributed by atoms with E-state index >= 15 is 0 Å². The van der Waals surface area contributed by atoms with E-state index < -0.39 is 22.9 Å². The third-order valence-electron chi connectivity index (χ3n) is 9.78. The number of benzene rings is 2. The molecule has 8 nitrogen and oxygen atoms in total. The summed E-state index contributed by atoms with van der Waals surface area (Å²) >= 11 is 0. The molecule has 2 aromatic rings. The summed E-state index contributed by atoms with van der Waals surface area (Å²) in [6.45, 7) is 24.0. The summed E-state index contributed by atoms with van der Waals surface area (Å²) in [6.07, 6.45) is 1.93. The van der Waals surface area contributed by atoms with Crippen LogP contribution in [-0.4, -0.2) is 90.8 Å². The number of rotatable bonds is 12. The molecule has 0 aliphatic carbocycles. The molecule has 2 N–H and O–H groups in total. The molecule has 3 amide bonds. The topological polar surface area (TPSA) is 85.0 Å². The number of amides is 3. The van der Waals surface area contributed by atoms with Gasteiger partial charge in [-0.2, -0.15) is 0 Å². The first-order valence-corrected chi connectivity index (χ1v) is 17.4. The predicted molar refractivity (Wildman–Crippen MR) is 197 cm³/mol. The smallest absolute Gasteiger partial charge is 0.249 e. The van der Waals surface area contributed by atoms with Crippen molar-refractivity contribution >= 4 is 17.7 Å². The lowest BCUT2D eigenvalue weighted by atomic mass is 9.76. The maximum Gasteiger partial charge on any atom is 0.249 e. The lowest BCUT2D eigenvalue weighted by Crippen LogP contribution is -2.61. The van der Waals surface area contributed by atoms with E-state index in [-0.39, 0.29) is 29.7 Å². The molecule has 48 heavy (non-hydrogen) atoms. The van der Waals surface area contributed by atoms with Crippen LogP contribution in [0.5, 0.6) is 0 Å². The second kappa shape index (κ2) is 16.3. The Hall–Kier alpha value is -3.49. The van der Waals surface area contributed by atoms with Crippen LogP contribution in [0.2, 0.25) is 0 Å². The molecule has 2 aromatic carbocycles. The molecule has 3 rings (SSSR count). The standard InChI is InChI=1S/C40H61N5O3/c1-27(2)33(25-30(5)37(47)45-20-18-44(19-21-45)26-31-16-14-13-15-17-31)43(12)38(48)35(39(6,7)8)42-36(46)34(41-11)40(9,10)32-23-28(3)22-29(4)24-32/h13-17,22-25,27,33-35,41H,18-21,26H2,1-12H3,(H,42,46)/t33-,34-,35-/m1/s1. The predicted octanol–water partition coefficient (Wildman–Crippen LogP) is 5.47. The van der Waals surface area contributed by atoms with Gasteiger partial charge in [0.25, 0.3) is 0 Å². The van der Waals surface area contributed by atoms with Crippen LogP contribution in [0.25, 0.3) is 0 Å². The molecule has 3 atom stereocenters. The Labute approximate surface area is 290 Å². The molecule has 0 aromatic heterocycles. The Kier molecular flexibility index (Phi) is 13.2. The number of carbonyl (C=O) groups excluding carboxylic acids is 3. The van der Waals surface area contributed by atoms with Gasteiger partial charge in [-0.1, -0.05) is 114 Å². The van der Waals surface area contributed by atoms with Crippen LogP contribution in [0.4, 0.5) is 0 Å². The van der Waals surface area contributed by atoms with E-state index in [2.05, 4.69) is 99.5 Å². The van der Waals surface area contributed by atoms with Crippen molar-refractivity contribution in [3.63, 3.8) is 0 Å². The molecule has 1 saturated heterocycles. The maximum absolute atomic E-state index is 14.3. The Morgan fingerprint density at radius 3 is 1.96 bits per heavy atom. The highest BCUT2D eigenvalue weighted by Crippen LogP contribution is 2.30. The number of hydrogen-bond donors (Lipinski definition) is 2. The number of nitrogens with one attached hydrogen (secondary N) is 2. The summed E-state index contributed by atoms with van der Waals surface area (Å²) in [7, 11) is 3.57. The lowest BCUT2D eigenvalue weighted by Gasteiger charge is -2.40. The fraction of sp³-hybridized carbons (Fsp3) is 0.575. The molecular formula is C40H61N5O3. The van der Waals surface area contributed by atoms with Crippen LogP contribution < -0.4 is 10.6 Å². The largest absolute Gasteiger partial charge is 0.342 e. The molecule has 0 unspecified atom stereocenters. The van der Waals surface area contributed by atoms with E-state index in [1.165, 1.54) is 5.56 Å². The van der Waals surface area contributed by atoms with E-state index in [9.17, 15) is 14.4 Å². The summed E-state index contributed by atoms with van der Waals surface area (Å²) in [4.78, 5) is 47.9. The zero-order valence-electron chi connectivity index (χ0n) is 31.6. The zero-order valence-corrected chi connectivity index (χ0v) is 31.6. The Bertz CT molecular complexity index is 1410. The molecule has 0 radical (unpaired) electrons. The number of aryl methyl sites for hydroxylation is 2. The van der Waals surface area contributed by atoms with E-state index in [1.54, 1.807) is 19.0 Å². The third kappa shape index (κ3) is 9.79. The highest BCUT2D eigenvalue weighted by molar-refractivity contribution is 5.94. The molecule has 0 spiro atoms. The van der Waals surface area contributed by atoms with Gasteiger partial charge in [0.2, 0.25) is 17.7 Å². The molecule has 8 heteroatoms. The molecular weight excluding hydrogens is 598 g/mol. The summed E-state index contributed by atoms with van der Waals surface area (Å²) < 4.78 is 0. The van der Waals surface area contributed by atoms with Gasteiger partial charge in [0.15, 0.2) is 0 Å². The second-order valence-corrected chi connectivity index (χ2v) is 15.7. The third-order valence-corrected chi connectivity index (χ3v) is 9.78. The molecule has 1 heterocycles. The number of likely N-dealkylation sites (N-methyl/N-ethyl adjacent to an activating group) is 2. The van der Waals surface area contributed by atoms with Crippen molar-refractivity contribution in [3.8, 4) is 0 Å². The second-order valence-electron chi connectivity index (χ2n) is 15.7. The monoisotopic (exact) mass is 659 g/mol. The molecule has 1 aliphatic heterocycles.